The molecule has 0 N–H and O–H groups in total. The molecule has 0 fully saturated rings. The second-order valence-electron chi connectivity index (χ2n) is 7.20. The van der Waals surface area contributed by atoms with E-state index in [1.165, 1.54) is 30.4 Å². The highest BCUT2D eigenvalue weighted by Gasteiger charge is 2.44. The van der Waals surface area contributed by atoms with Crippen molar-refractivity contribution in [3.05, 3.63) is 64.0 Å². The van der Waals surface area contributed by atoms with Crippen molar-refractivity contribution >= 4 is 26.0 Å². The van der Waals surface area contributed by atoms with Gasteiger partial charge in [0.05, 0.1) is 11.1 Å². The second kappa shape index (κ2) is 11.5. The summed E-state index contributed by atoms with van der Waals surface area (Å²) in [6, 6.07) is 4.96. The molecule has 0 radical (unpaired) electrons. The fourth-order valence-corrected chi connectivity index (χ4v) is 6.51. The highest BCUT2D eigenvalue weighted by atomic mass is 32.3. The number of halogens is 5. The zero-order valence-corrected chi connectivity index (χ0v) is 21.2. The van der Waals surface area contributed by atoms with Crippen LogP contribution in [0.2, 0.25) is 0 Å². The van der Waals surface area contributed by atoms with Crippen molar-refractivity contribution in [2.45, 2.75) is 22.6 Å². The van der Waals surface area contributed by atoms with Gasteiger partial charge in [0, 0.05) is 13.5 Å². The first-order valence-corrected chi connectivity index (χ1v) is 12.9. The van der Waals surface area contributed by atoms with E-state index in [1.54, 1.807) is 0 Å². The Balaban J connectivity index is 3.01. The molecule has 2 aromatic rings. The maximum Gasteiger partial charge on any atom is 0.311 e. The van der Waals surface area contributed by atoms with Gasteiger partial charge in [-0.15, -0.1) is 6.58 Å². The number of hydrogen-bond acceptors (Lipinski definition) is 10. The second-order valence-corrected chi connectivity index (χ2v) is 11.2. The van der Waals surface area contributed by atoms with E-state index in [0.717, 1.165) is 0 Å². The average Bonchev–Trinajstić information content (AvgIpc) is 2.92. The predicted molar refractivity (Wildman–Crippen MR) is 119 cm³/mol. The fourth-order valence-electron chi connectivity index (χ4n) is 3.07. The quantitative estimate of drug-likeness (QED) is 0.109. The van der Waals surface area contributed by atoms with Gasteiger partial charge in [0.25, 0.3) is 20.0 Å². The van der Waals surface area contributed by atoms with Gasteiger partial charge in [-0.1, -0.05) is 9.79 Å². The smallest absolute Gasteiger partial charge is 0.311 e. The van der Waals surface area contributed by atoms with Crippen molar-refractivity contribution in [2.24, 2.45) is 0 Å². The number of nitrogens with zero attached hydrogens (tertiary/aromatic N) is 5. The molecule has 0 aromatic heterocycles. The number of rotatable bonds is 8. The fraction of sp³-hybridized carbons (Fsp3) is 0.136. The Hall–Kier alpha value is -4.88. The minimum Gasteiger partial charge on any atom is -0.424 e. The van der Waals surface area contributed by atoms with Crippen LogP contribution in [0.1, 0.15) is 35.1 Å². The maximum absolute atomic E-state index is 14.3. The maximum atomic E-state index is 14.3. The normalized spacial score (nSPS) is 11.2. The number of carbonyl (C=O) groups is 1. The van der Waals surface area contributed by atoms with Gasteiger partial charge in [0.2, 0.25) is 5.82 Å². The monoisotopic (exact) mass is 599 g/mol. The van der Waals surface area contributed by atoms with Crippen molar-refractivity contribution < 1.29 is 48.3 Å². The summed E-state index contributed by atoms with van der Waals surface area (Å²) in [4.78, 5) is 7.84. The zero-order valence-electron chi connectivity index (χ0n) is 19.6. The van der Waals surface area contributed by atoms with Crippen LogP contribution in [0.3, 0.4) is 0 Å². The summed E-state index contributed by atoms with van der Waals surface area (Å²) in [5.74, 6) is -16.2. The molecular formula is C22H10F5N5O6S2. The van der Waals surface area contributed by atoms with Crippen molar-refractivity contribution in [3.8, 4) is 30.0 Å². The van der Waals surface area contributed by atoms with Crippen LogP contribution in [0.4, 0.5) is 22.0 Å². The summed E-state index contributed by atoms with van der Waals surface area (Å²) in [7, 11) is -12.1. The van der Waals surface area contributed by atoms with Gasteiger partial charge >= 0.3 is 5.97 Å². The van der Waals surface area contributed by atoms with Gasteiger partial charge in [0.15, 0.2) is 33.9 Å². The third-order valence-corrected chi connectivity index (χ3v) is 9.32. The number of ether oxygens (including phenoxy) is 1. The molecule has 2 aromatic carbocycles. The van der Waals surface area contributed by atoms with E-state index in [4.69, 9.17) is 4.74 Å². The van der Waals surface area contributed by atoms with Crippen LogP contribution in [0.15, 0.2) is 22.4 Å². The van der Waals surface area contributed by atoms with Crippen LogP contribution in [0.25, 0.3) is 0 Å². The molecule has 206 valence electrons. The lowest BCUT2D eigenvalue weighted by Crippen LogP contribution is -2.36. The van der Waals surface area contributed by atoms with Gasteiger partial charge < -0.3 is 4.74 Å². The lowest BCUT2D eigenvalue weighted by molar-refractivity contribution is -0.134. The van der Waals surface area contributed by atoms with E-state index in [-0.39, 0.29) is 19.9 Å². The lowest BCUT2D eigenvalue weighted by atomic mass is 9.98. The van der Waals surface area contributed by atoms with Crippen molar-refractivity contribution in [1.82, 2.24) is 3.71 Å². The minimum atomic E-state index is -6.23. The van der Waals surface area contributed by atoms with Crippen molar-refractivity contribution in [3.63, 3.8) is 0 Å². The Labute approximate surface area is 222 Å². The van der Waals surface area contributed by atoms with Gasteiger partial charge in [-0.3, -0.25) is 4.79 Å². The Kier molecular flexibility index (Phi) is 8.99. The summed E-state index contributed by atoms with van der Waals surface area (Å²) in [6.07, 6.45) is 0.938. The van der Waals surface area contributed by atoms with Crippen LogP contribution in [-0.2, 0) is 24.8 Å². The standard InChI is InChI=1S/C22H10F5N5O6S2/c1-3-4-5-14(33)38-20-10(6-28)12(8-30)21(13(9-31)11(20)7-29)39(34,35)32(2)40(36,37)22-18(26)16(24)15(23)17(25)19(22)27/h3H,1,4-5H2,2H3. The number of hydrogen-bond donors (Lipinski definition) is 0. The molecule has 0 saturated carbocycles. The molecule has 0 aliphatic heterocycles. The predicted octanol–water partition coefficient (Wildman–Crippen LogP) is 2.75. The molecular weight excluding hydrogens is 589 g/mol. The van der Waals surface area contributed by atoms with Crippen LogP contribution in [0, 0.1) is 74.4 Å². The molecule has 0 aliphatic carbocycles. The summed E-state index contributed by atoms with van der Waals surface area (Å²) in [5, 5.41) is 38.4. The van der Waals surface area contributed by atoms with E-state index in [1.807, 2.05) is 0 Å². The van der Waals surface area contributed by atoms with Gasteiger partial charge in [-0.25, -0.2) is 38.8 Å². The van der Waals surface area contributed by atoms with Gasteiger partial charge in [-0.05, 0) is 6.42 Å². The molecule has 0 unspecified atom stereocenters. The van der Waals surface area contributed by atoms with Crippen LogP contribution < -0.4 is 4.74 Å². The topological polar surface area (TPSA) is 193 Å². The summed E-state index contributed by atoms with van der Waals surface area (Å²) < 4.78 is 126. The highest BCUT2D eigenvalue weighted by molar-refractivity contribution is 8.04. The van der Waals surface area contributed by atoms with E-state index in [0.29, 0.717) is 0 Å². The first kappa shape index (κ1) is 31.3. The first-order chi connectivity index (χ1) is 18.6. The first-order valence-electron chi connectivity index (χ1n) is 10.0. The summed E-state index contributed by atoms with van der Waals surface area (Å²) >= 11 is 0. The van der Waals surface area contributed by atoms with Crippen molar-refractivity contribution in [2.75, 3.05) is 7.05 Å². The zero-order chi connectivity index (χ0) is 30.7. The highest BCUT2D eigenvalue weighted by Crippen LogP contribution is 2.39. The number of sulfonamides is 2. The largest absolute Gasteiger partial charge is 0.424 e. The molecule has 2 rings (SSSR count). The molecule has 0 saturated heterocycles. The number of nitriles is 4. The van der Waals surface area contributed by atoms with E-state index < -0.39 is 96.6 Å². The van der Waals surface area contributed by atoms with Crippen molar-refractivity contribution in [1.29, 1.82) is 21.0 Å². The number of benzene rings is 2. The minimum absolute atomic E-state index is 0.0334. The third-order valence-electron chi connectivity index (χ3n) is 4.99. The Morgan fingerprint density at radius 1 is 0.775 bits per heavy atom. The van der Waals surface area contributed by atoms with Crippen LogP contribution >= 0.6 is 0 Å². The lowest BCUT2D eigenvalue weighted by Gasteiger charge is -2.21. The van der Waals surface area contributed by atoms with E-state index in [2.05, 4.69) is 6.58 Å². The molecule has 40 heavy (non-hydrogen) atoms. The molecule has 0 aliphatic rings. The summed E-state index contributed by atoms with van der Waals surface area (Å²) in [5.41, 5.74) is -4.95. The van der Waals surface area contributed by atoms with E-state index in [9.17, 15) is 64.6 Å². The SMILES string of the molecule is C=CCCC(=O)Oc1c(C#N)c(C#N)c(S(=O)(=O)N(C)S(=O)(=O)c2c(F)c(F)c(F)c(F)c2F)c(C#N)c1C#N. The number of carbonyl (C=O) groups excluding carboxylic acids is 1. The molecule has 0 amide bonds. The van der Waals surface area contributed by atoms with Crippen LogP contribution in [0.5, 0.6) is 5.75 Å². The molecule has 0 atom stereocenters. The average molecular weight is 599 g/mol. The summed E-state index contributed by atoms with van der Waals surface area (Å²) in [6.45, 7) is 3.36. The molecule has 11 nitrogen and oxygen atoms in total. The Morgan fingerprint density at radius 2 is 1.15 bits per heavy atom. The van der Waals surface area contributed by atoms with Crippen LogP contribution in [-0.4, -0.2) is 33.6 Å². The number of esters is 1. The Bertz CT molecular complexity index is 1790. The molecule has 0 bridgehead atoms. The molecule has 18 heteroatoms. The van der Waals surface area contributed by atoms with E-state index >= 15 is 0 Å². The van der Waals surface area contributed by atoms with Gasteiger partial charge in [0.1, 0.15) is 40.3 Å². The molecule has 0 spiro atoms. The molecule has 0 heterocycles. The third kappa shape index (κ3) is 4.95. The Morgan fingerprint density at radius 3 is 1.52 bits per heavy atom. The number of allylic oxidation sites excluding steroid dienone is 1. The van der Waals surface area contributed by atoms with Gasteiger partial charge in [-0.2, -0.15) is 21.0 Å².